The number of Topliss-reactive ketones (excluding diaryl/α,β-unsaturated/α-hetero) is 1. The lowest BCUT2D eigenvalue weighted by Crippen LogP contribution is -2.01. The number of ketones is 1. The summed E-state index contributed by atoms with van der Waals surface area (Å²) in [6, 6.07) is 5.51. The van der Waals surface area contributed by atoms with E-state index in [1.165, 1.54) is 0 Å². The first-order valence-corrected chi connectivity index (χ1v) is 5.91. The van der Waals surface area contributed by atoms with Crippen LogP contribution in [0.15, 0.2) is 30.6 Å². The van der Waals surface area contributed by atoms with Crippen LogP contribution in [0.1, 0.15) is 37.0 Å². The highest BCUT2D eigenvalue weighted by atomic mass is 16.1. The summed E-state index contributed by atoms with van der Waals surface area (Å²) in [4.78, 5) is 20.3. The predicted octanol–water partition coefficient (Wildman–Crippen LogP) is 3.25. The van der Waals surface area contributed by atoms with Gasteiger partial charge in [0.05, 0.1) is 11.0 Å². The number of rotatable bonds is 4. The van der Waals surface area contributed by atoms with Gasteiger partial charge >= 0.3 is 0 Å². The summed E-state index contributed by atoms with van der Waals surface area (Å²) in [7, 11) is 0. The van der Waals surface area contributed by atoms with Gasteiger partial charge in [0.1, 0.15) is 0 Å². The third-order valence-electron chi connectivity index (χ3n) is 2.74. The van der Waals surface area contributed by atoms with E-state index in [1.807, 2.05) is 18.2 Å². The Balaban J connectivity index is 2.21. The Morgan fingerprint density at radius 3 is 2.59 bits per heavy atom. The third kappa shape index (κ3) is 2.87. The van der Waals surface area contributed by atoms with E-state index in [-0.39, 0.29) is 5.78 Å². The quantitative estimate of drug-likeness (QED) is 0.754. The van der Waals surface area contributed by atoms with Gasteiger partial charge in [-0.05, 0) is 30.5 Å². The molecule has 0 unspecified atom stereocenters. The van der Waals surface area contributed by atoms with Gasteiger partial charge in [-0.3, -0.25) is 14.8 Å². The number of benzene rings is 1. The Kier molecular flexibility index (Phi) is 3.47. The SMILES string of the molecule is CC(C)CCC(=O)c1ccc2nccnc2c1. The fourth-order valence-electron chi connectivity index (χ4n) is 1.70. The van der Waals surface area contributed by atoms with Crippen molar-refractivity contribution in [2.75, 3.05) is 0 Å². The van der Waals surface area contributed by atoms with Crippen LogP contribution in [0, 0.1) is 5.92 Å². The molecular weight excluding hydrogens is 212 g/mol. The van der Waals surface area contributed by atoms with Crippen molar-refractivity contribution >= 4 is 16.8 Å². The molecule has 0 N–H and O–H groups in total. The number of fused-ring (bicyclic) bond motifs is 1. The molecule has 0 amide bonds. The van der Waals surface area contributed by atoms with E-state index in [0.29, 0.717) is 12.3 Å². The first-order chi connectivity index (χ1) is 8.16. The molecule has 1 aromatic heterocycles. The molecule has 0 aliphatic heterocycles. The summed E-state index contributed by atoms with van der Waals surface area (Å²) in [5.41, 5.74) is 2.34. The maximum Gasteiger partial charge on any atom is 0.162 e. The topological polar surface area (TPSA) is 42.9 Å². The molecule has 1 aromatic carbocycles. The zero-order valence-corrected chi connectivity index (χ0v) is 10.2. The molecule has 0 spiro atoms. The van der Waals surface area contributed by atoms with Crippen molar-refractivity contribution in [3.8, 4) is 0 Å². The maximum atomic E-state index is 11.9. The molecule has 2 aromatic rings. The van der Waals surface area contributed by atoms with Crippen LogP contribution >= 0.6 is 0 Å². The van der Waals surface area contributed by atoms with Gasteiger partial charge < -0.3 is 0 Å². The second kappa shape index (κ2) is 5.04. The molecule has 0 atom stereocenters. The third-order valence-corrected chi connectivity index (χ3v) is 2.74. The fourth-order valence-corrected chi connectivity index (χ4v) is 1.70. The van der Waals surface area contributed by atoms with E-state index < -0.39 is 0 Å². The van der Waals surface area contributed by atoms with Crippen LogP contribution in [-0.2, 0) is 0 Å². The minimum Gasteiger partial charge on any atom is -0.294 e. The lowest BCUT2D eigenvalue weighted by Gasteiger charge is -2.04. The molecule has 0 fully saturated rings. The molecule has 88 valence electrons. The van der Waals surface area contributed by atoms with Crippen molar-refractivity contribution in [2.24, 2.45) is 5.92 Å². The Bertz CT molecular complexity index is 534. The van der Waals surface area contributed by atoms with Crippen LogP contribution in [0.2, 0.25) is 0 Å². The standard InChI is InChI=1S/C14H16N2O/c1-10(2)3-6-14(17)11-4-5-12-13(9-11)16-8-7-15-12/h4-5,7-10H,3,6H2,1-2H3. The van der Waals surface area contributed by atoms with Crippen LogP contribution in [0.3, 0.4) is 0 Å². The first-order valence-electron chi connectivity index (χ1n) is 5.91. The van der Waals surface area contributed by atoms with Gasteiger partial charge in [0.15, 0.2) is 5.78 Å². The largest absolute Gasteiger partial charge is 0.294 e. The Morgan fingerprint density at radius 1 is 1.18 bits per heavy atom. The molecule has 0 saturated heterocycles. The summed E-state index contributed by atoms with van der Waals surface area (Å²) < 4.78 is 0. The highest BCUT2D eigenvalue weighted by molar-refractivity contribution is 5.98. The van der Waals surface area contributed by atoms with Crippen LogP contribution in [-0.4, -0.2) is 15.8 Å². The lowest BCUT2D eigenvalue weighted by molar-refractivity contribution is 0.0975. The fraction of sp³-hybridized carbons (Fsp3) is 0.357. The van der Waals surface area contributed by atoms with E-state index in [0.717, 1.165) is 23.0 Å². The summed E-state index contributed by atoms with van der Waals surface area (Å²) in [5.74, 6) is 0.741. The molecule has 3 nitrogen and oxygen atoms in total. The molecule has 0 aliphatic carbocycles. The van der Waals surface area contributed by atoms with Crippen molar-refractivity contribution in [3.05, 3.63) is 36.2 Å². The first kappa shape index (κ1) is 11.7. The number of carbonyl (C=O) groups excluding carboxylic acids is 1. The van der Waals surface area contributed by atoms with Gasteiger partial charge in [-0.2, -0.15) is 0 Å². The molecule has 0 bridgehead atoms. The molecule has 0 radical (unpaired) electrons. The van der Waals surface area contributed by atoms with Crippen LogP contribution in [0.5, 0.6) is 0 Å². The van der Waals surface area contributed by atoms with Crippen molar-refractivity contribution in [1.29, 1.82) is 0 Å². The molecule has 3 heteroatoms. The van der Waals surface area contributed by atoms with E-state index in [9.17, 15) is 4.79 Å². The van der Waals surface area contributed by atoms with E-state index in [1.54, 1.807) is 12.4 Å². The van der Waals surface area contributed by atoms with Gasteiger partial charge in [0.2, 0.25) is 0 Å². The van der Waals surface area contributed by atoms with E-state index in [2.05, 4.69) is 23.8 Å². The smallest absolute Gasteiger partial charge is 0.162 e. The number of hydrogen-bond acceptors (Lipinski definition) is 3. The monoisotopic (exact) mass is 228 g/mol. The van der Waals surface area contributed by atoms with E-state index >= 15 is 0 Å². The summed E-state index contributed by atoms with van der Waals surface area (Å²) in [6.07, 6.45) is 4.83. The molecule has 0 aliphatic rings. The highest BCUT2D eigenvalue weighted by Crippen LogP contribution is 2.14. The second-order valence-corrected chi connectivity index (χ2v) is 4.62. The van der Waals surface area contributed by atoms with Gasteiger partial charge in [-0.15, -0.1) is 0 Å². The van der Waals surface area contributed by atoms with Gasteiger partial charge in [-0.1, -0.05) is 13.8 Å². The highest BCUT2D eigenvalue weighted by Gasteiger charge is 2.08. The van der Waals surface area contributed by atoms with Crippen molar-refractivity contribution in [1.82, 2.24) is 9.97 Å². The maximum absolute atomic E-state index is 11.9. The summed E-state index contributed by atoms with van der Waals surface area (Å²) >= 11 is 0. The normalized spacial score (nSPS) is 11.0. The van der Waals surface area contributed by atoms with Gasteiger partial charge in [-0.25, -0.2) is 0 Å². The lowest BCUT2D eigenvalue weighted by atomic mass is 10.0. The molecule has 17 heavy (non-hydrogen) atoms. The number of carbonyl (C=O) groups is 1. The zero-order chi connectivity index (χ0) is 12.3. The van der Waals surface area contributed by atoms with Crippen molar-refractivity contribution < 1.29 is 4.79 Å². The zero-order valence-electron chi connectivity index (χ0n) is 10.2. The molecule has 1 heterocycles. The van der Waals surface area contributed by atoms with Crippen molar-refractivity contribution in [3.63, 3.8) is 0 Å². The predicted molar refractivity (Wildman–Crippen MR) is 67.9 cm³/mol. The molecule has 0 saturated carbocycles. The number of aromatic nitrogens is 2. The summed E-state index contributed by atoms with van der Waals surface area (Å²) in [6.45, 7) is 4.25. The van der Waals surface area contributed by atoms with Crippen LogP contribution in [0.25, 0.3) is 11.0 Å². The van der Waals surface area contributed by atoms with Gasteiger partial charge in [0, 0.05) is 24.4 Å². The minimum atomic E-state index is 0.186. The Morgan fingerprint density at radius 2 is 1.88 bits per heavy atom. The average Bonchev–Trinajstić information content (AvgIpc) is 2.35. The van der Waals surface area contributed by atoms with Crippen LogP contribution in [0.4, 0.5) is 0 Å². The van der Waals surface area contributed by atoms with E-state index in [4.69, 9.17) is 0 Å². The molecular formula is C14H16N2O. The minimum absolute atomic E-state index is 0.186. The average molecular weight is 228 g/mol. The summed E-state index contributed by atoms with van der Waals surface area (Å²) in [5, 5.41) is 0. The molecule has 2 rings (SSSR count). The van der Waals surface area contributed by atoms with Crippen molar-refractivity contribution in [2.45, 2.75) is 26.7 Å². The number of nitrogens with zero attached hydrogens (tertiary/aromatic N) is 2. The van der Waals surface area contributed by atoms with Crippen LogP contribution < -0.4 is 0 Å². The Labute approximate surface area is 101 Å². The second-order valence-electron chi connectivity index (χ2n) is 4.62. The van der Waals surface area contributed by atoms with Gasteiger partial charge in [0.25, 0.3) is 0 Å². The number of hydrogen-bond donors (Lipinski definition) is 0. The Hall–Kier alpha value is -1.77.